The summed E-state index contributed by atoms with van der Waals surface area (Å²) in [7, 11) is 3.02. The number of fused-ring (bicyclic) bond motifs is 1. The van der Waals surface area contributed by atoms with E-state index in [1.807, 2.05) is 50.2 Å². The van der Waals surface area contributed by atoms with Gasteiger partial charge in [-0.05, 0) is 60.6 Å². The first-order valence-electron chi connectivity index (χ1n) is 11.2. The maximum Gasteiger partial charge on any atom is 0.270 e. The summed E-state index contributed by atoms with van der Waals surface area (Å²) in [5, 5.41) is 4.42. The van der Waals surface area contributed by atoms with E-state index < -0.39 is 11.8 Å². The van der Waals surface area contributed by atoms with Gasteiger partial charge in [0.1, 0.15) is 22.8 Å². The van der Waals surface area contributed by atoms with Gasteiger partial charge < -0.3 is 14.2 Å². The van der Waals surface area contributed by atoms with E-state index in [1.54, 1.807) is 24.3 Å². The molecular formula is C27H26N2O5S. The highest BCUT2D eigenvalue weighted by Gasteiger charge is 2.36. The molecular weight excluding hydrogens is 464 g/mol. The van der Waals surface area contributed by atoms with Crippen LogP contribution in [0.4, 0.5) is 5.69 Å². The normalized spacial score (nSPS) is 15.8. The molecule has 0 unspecified atom stereocenters. The van der Waals surface area contributed by atoms with E-state index in [-0.39, 0.29) is 16.8 Å². The van der Waals surface area contributed by atoms with Crippen molar-refractivity contribution in [2.24, 2.45) is 0 Å². The van der Waals surface area contributed by atoms with E-state index in [1.165, 1.54) is 19.1 Å². The number of hydrogen-bond acceptors (Lipinski definition) is 6. The van der Waals surface area contributed by atoms with Crippen molar-refractivity contribution in [1.29, 1.82) is 0 Å². The highest BCUT2D eigenvalue weighted by atomic mass is 32.1. The summed E-state index contributed by atoms with van der Waals surface area (Å²) in [5.74, 6) is 0.383. The molecule has 1 aliphatic rings. The van der Waals surface area contributed by atoms with Crippen LogP contribution in [0.1, 0.15) is 25.8 Å². The number of nitrogens with one attached hydrogen (secondary N) is 1. The van der Waals surface area contributed by atoms with Gasteiger partial charge in [-0.2, -0.15) is 0 Å². The number of methoxy groups -OCH3 is 2. The van der Waals surface area contributed by atoms with Crippen molar-refractivity contribution in [2.75, 3.05) is 19.1 Å². The molecule has 1 N–H and O–H groups in total. The minimum Gasteiger partial charge on any atom is -0.497 e. The van der Waals surface area contributed by atoms with Gasteiger partial charge in [-0.1, -0.05) is 37.3 Å². The lowest BCUT2D eigenvalue weighted by Gasteiger charge is -2.30. The van der Waals surface area contributed by atoms with Crippen LogP contribution in [0.5, 0.6) is 17.2 Å². The molecule has 0 bridgehead atoms. The zero-order valence-corrected chi connectivity index (χ0v) is 20.8. The number of thiocarbonyl (C=S) groups is 1. The smallest absolute Gasteiger partial charge is 0.270 e. The van der Waals surface area contributed by atoms with Crippen LogP contribution < -0.4 is 24.4 Å². The monoisotopic (exact) mass is 490 g/mol. The van der Waals surface area contributed by atoms with E-state index in [2.05, 4.69) is 5.32 Å². The lowest BCUT2D eigenvalue weighted by Crippen LogP contribution is -2.54. The average Bonchev–Trinajstić information content (AvgIpc) is 2.87. The second kappa shape index (κ2) is 10.1. The minimum absolute atomic E-state index is 0.0328. The van der Waals surface area contributed by atoms with Gasteiger partial charge in [0, 0.05) is 11.6 Å². The van der Waals surface area contributed by atoms with E-state index in [0.717, 1.165) is 17.2 Å². The Morgan fingerprint density at radius 2 is 1.80 bits per heavy atom. The van der Waals surface area contributed by atoms with Gasteiger partial charge in [0.15, 0.2) is 5.11 Å². The topological polar surface area (TPSA) is 77.1 Å². The lowest BCUT2D eigenvalue weighted by molar-refractivity contribution is -0.122. The van der Waals surface area contributed by atoms with Crippen LogP contribution in [0.25, 0.3) is 16.8 Å². The zero-order valence-electron chi connectivity index (χ0n) is 20.0. The third-order valence-electron chi connectivity index (χ3n) is 5.85. The molecule has 1 fully saturated rings. The number of nitrogens with zero attached hydrogens (tertiary/aromatic N) is 1. The predicted octanol–water partition coefficient (Wildman–Crippen LogP) is 4.87. The minimum atomic E-state index is -0.578. The average molecular weight is 491 g/mol. The molecule has 3 aromatic carbocycles. The molecule has 7 nitrogen and oxygen atoms in total. The molecule has 1 aliphatic heterocycles. The van der Waals surface area contributed by atoms with Gasteiger partial charge in [0.2, 0.25) is 0 Å². The summed E-state index contributed by atoms with van der Waals surface area (Å²) in [6, 6.07) is 16.6. The maximum atomic E-state index is 13.7. The summed E-state index contributed by atoms with van der Waals surface area (Å²) in [6.45, 7) is 4.00. The van der Waals surface area contributed by atoms with Crippen molar-refractivity contribution < 1.29 is 23.8 Å². The lowest BCUT2D eigenvalue weighted by atomic mass is 9.99. The van der Waals surface area contributed by atoms with Gasteiger partial charge in [-0.25, -0.2) is 4.90 Å². The molecule has 0 spiro atoms. The Bertz CT molecular complexity index is 1350. The quantitative estimate of drug-likeness (QED) is 0.289. The van der Waals surface area contributed by atoms with E-state index >= 15 is 0 Å². The third kappa shape index (κ3) is 4.70. The number of amides is 2. The highest BCUT2D eigenvalue weighted by molar-refractivity contribution is 7.80. The standard InChI is InChI=1S/C27H26N2O5S/c1-5-16(2)34-23-13-10-17-8-6-7-9-19(17)20(23)15-21-25(30)28-27(35)29(26(21)31)22-12-11-18(32-3)14-24(22)33-4/h6-16H,5H2,1-4H3,(H,28,30,35)/b21-15+/t16-/m0/s1. The molecule has 0 radical (unpaired) electrons. The van der Waals surface area contributed by atoms with Crippen molar-refractivity contribution in [3.05, 3.63) is 65.7 Å². The van der Waals surface area contributed by atoms with Crippen LogP contribution in [-0.4, -0.2) is 37.3 Å². The molecule has 1 atom stereocenters. The number of anilines is 1. The Hall–Kier alpha value is -3.91. The van der Waals surface area contributed by atoms with Gasteiger partial charge in [0.25, 0.3) is 11.8 Å². The number of carbonyl (C=O) groups excluding carboxylic acids is 2. The Morgan fingerprint density at radius 3 is 2.51 bits per heavy atom. The Labute approximate surface area is 209 Å². The maximum absolute atomic E-state index is 13.7. The van der Waals surface area contributed by atoms with Crippen molar-refractivity contribution in [3.8, 4) is 17.2 Å². The Balaban J connectivity index is 1.86. The van der Waals surface area contributed by atoms with Crippen LogP contribution in [-0.2, 0) is 9.59 Å². The zero-order chi connectivity index (χ0) is 25.1. The summed E-state index contributed by atoms with van der Waals surface area (Å²) >= 11 is 5.36. The first kappa shape index (κ1) is 24.2. The molecule has 3 aromatic rings. The van der Waals surface area contributed by atoms with Crippen LogP contribution in [0.2, 0.25) is 0 Å². The van der Waals surface area contributed by atoms with Crippen molar-refractivity contribution in [3.63, 3.8) is 0 Å². The number of rotatable bonds is 7. The van der Waals surface area contributed by atoms with Crippen LogP contribution in [0.3, 0.4) is 0 Å². The molecule has 180 valence electrons. The second-order valence-electron chi connectivity index (χ2n) is 8.03. The molecule has 0 aromatic heterocycles. The first-order valence-corrected chi connectivity index (χ1v) is 11.6. The predicted molar refractivity (Wildman–Crippen MR) is 140 cm³/mol. The molecule has 0 saturated carbocycles. The fourth-order valence-electron chi connectivity index (χ4n) is 3.82. The first-order chi connectivity index (χ1) is 16.9. The molecule has 2 amide bonds. The molecule has 0 aliphatic carbocycles. The Kier molecular flexibility index (Phi) is 7.02. The SMILES string of the molecule is CC[C@H](C)Oc1ccc2ccccc2c1/C=C1\C(=O)NC(=S)N(c2ccc(OC)cc2OC)C1=O. The molecule has 4 rings (SSSR count). The van der Waals surface area contributed by atoms with Gasteiger partial charge >= 0.3 is 0 Å². The molecule has 1 heterocycles. The van der Waals surface area contributed by atoms with E-state index in [9.17, 15) is 9.59 Å². The van der Waals surface area contributed by atoms with Crippen LogP contribution >= 0.6 is 12.2 Å². The molecule has 35 heavy (non-hydrogen) atoms. The van der Waals surface area contributed by atoms with Crippen molar-refractivity contribution in [1.82, 2.24) is 5.32 Å². The van der Waals surface area contributed by atoms with Crippen LogP contribution in [0, 0.1) is 0 Å². The number of hydrogen-bond donors (Lipinski definition) is 1. The third-order valence-corrected chi connectivity index (χ3v) is 6.14. The van der Waals surface area contributed by atoms with Gasteiger partial charge in [-0.3, -0.25) is 14.9 Å². The van der Waals surface area contributed by atoms with Crippen molar-refractivity contribution in [2.45, 2.75) is 26.4 Å². The number of benzene rings is 3. The van der Waals surface area contributed by atoms with E-state index in [4.69, 9.17) is 26.4 Å². The number of ether oxygens (including phenoxy) is 3. The largest absolute Gasteiger partial charge is 0.497 e. The summed E-state index contributed by atoms with van der Waals surface area (Å²) < 4.78 is 16.9. The highest BCUT2D eigenvalue weighted by Crippen LogP contribution is 2.36. The molecule has 8 heteroatoms. The number of carbonyl (C=O) groups is 2. The van der Waals surface area contributed by atoms with Gasteiger partial charge in [0.05, 0.1) is 26.0 Å². The fraction of sp³-hybridized carbons (Fsp3) is 0.222. The van der Waals surface area contributed by atoms with Crippen molar-refractivity contribution >= 4 is 51.7 Å². The van der Waals surface area contributed by atoms with E-state index in [0.29, 0.717) is 28.5 Å². The fourth-order valence-corrected chi connectivity index (χ4v) is 4.09. The summed E-state index contributed by atoms with van der Waals surface area (Å²) in [4.78, 5) is 27.9. The van der Waals surface area contributed by atoms with Crippen LogP contribution in [0.15, 0.2) is 60.2 Å². The summed E-state index contributed by atoms with van der Waals surface area (Å²) in [6.07, 6.45) is 2.33. The summed E-state index contributed by atoms with van der Waals surface area (Å²) in [5.41, 5.74) is 0.974. The Morgan fingerprint density at radius 1 is 1.03 bits per heavy atom. The molecule has 1 saturated heterocycles. The van der Waals surface area contributed by atoms with Gasteiger partial charge in [-0.15, -0.1) is 0 Å². The second-order valence-corrected chi connectivity index (χ2v) is 8.42.